The van der Waals surface area contributed by atoms with Crippen LogP contribution in [0, 0.1) is 0 Å². The summed E-state index contributed by atoms with van der Waals surface area (Å²) < 4.78 is 0. The average molecular weight is 415 g/mol. The highest BCUT2D eigenvalue weighted by molar-refractivity contribution is 5.85. The first-order valence-electron chi connectivity index (χ1n) is 9.61. The summed E-state index contributed by atoms with van der Waals surface area (Å²) in [5.74, 6) is -0.922. The van der Waals surface area contributed by atoms with Crippen LogP contribution < -0.4 is 0 Å². The molecule has 0 spiro atoms. The van der Waals surface area contributed by atoms with E-state index < -0.39 is 5.97 Å². The summed E-state index contributed by atoms with van der Waals surface area (Å²) in [6.07, 6.45) is 10.3. The Labute approximate surface area is 183 Å². The summed E-state index contributed by atoms with van der Waals surface area (Å²) in [4.78, 5) is 20.0. The van der Waals surface area contributed by atoms with Crippen molar-refractivity contribution in [2.45, 2.75) is 0 Å². The highest BCUT2D eigenvalue weighted by Gasteiger charge is 1.86. The second-order valence-electron chi connectivity index (χ2n) is 5.98. The highest BCUT2D eigenvalue weighted by atomic mass is 16.4. The Bertz CT molecular complexity index is 944. The lowest BCUT2D eigenvalue weighted by molar-refractivity contribution is -0.131. The third kappa shape index (κ3) is 13.7. The molecule has 4 nitrogen and oxygen atoms in total. The SMILES string of the molecule is O=C(O)/C=C/c1ccccc1.O=C/C=C/c1ccccc1.OC/C=C/c1ccccc1. The predicted molar refractivity (Wildman–Crippen MR) is 127 cm³/mol. The van der Waals surface area contributed by atoms with E-state index in [0.29, 0.717) is 0 Å². The number of carbonyl (C=O) groups is 2. The van der Waals surface area contributed by atoms with Crippen LogP contribution in [0.2, 0.25) is 0 Å². The first kappa shape index (κ1) is 25.0. The number of carbonyl (C=O) groups excluding carboxylic acids is 1. The van der Waals surface area contributed by atoms with Crippen molar-refractivity contribution < 1.29 is 19.8 Å². The standard InChI is InChI=1S/C9H8O2.C9H10O.C9H8O/c10-9(11)7-6-8-4-2-1-3-5-8;2*10-8-4-7-9-5-2-1-3-6-9/h1-7H,(H,10,11);1-7,10H,8H2;1-8H/b7-6+;2*7-4+. The van der Waals surface area contributed by atoms with E-state index in [1.54, 1.807) is 18.2 Å². The van der Waals surface area contributed by atoms with E-state index in [1.807, 2.05) is 97.1 Å². The molecule has 158 valence electrons. The summed E-state index contributed by atoms with van der Waals surface area (Å²) in [7, 11) is 0. The molecule has 0 fully saturated rings. The van der Waals surface area contributed by atoms with E-state index in [0.717, 1.165) is 29.1 Å². The van der Waals surface area contributed by atoms with Crippen molar-refractivity contribution in [1.82, 2.24) is 0 Å². The van der Waals surface area contributed by atoms with Crippen LogP contribution >= 0.6 is 0 Å². The van der Waals surface area contributed by atoms with Gasteiger partial charge in [0.15, 0.2) is 0 Å². The molecule has 3 aromatic carbocycles. The lowest BCUT2D eigenvalue weighted by atomic mass is 10.2. The number of aliphatic hydroxyl groups is 1. The molecule has 3 rings (SSSR count). The number of allylic oxidation sites excluding steroid dienone is 1. The highest BCUT2D eigenvalue weighted by Crippen LogP contribution is 2.01. The average Bonchev–Trinajstić information content (AvgIpc) is 2.83. The van der Waals surface area contributed by atoms with Crippen molar-refractivity contribution in [2.75, 3.05) is 6.61 Å². The van der Waals surface area contributed by atoms with Crippen LogP contribution in [0.5, 0.6) is 0 Å². The predicted octanol–water partition coefficient (Wildman–Crippen LogP) is 5.38. The van der Waals surface area contributed by atoms with Gasteiger partial charge in [-0.05, 0) is 28.8 Å². The molecule has 0 atom stereocenters. The number of carboxylic acid groups (broad SMARTS) is 1. The number of aldehydes is 1. The molecule has 4 heteroatoms. The van der Waals surface area contributed by atoms with Crippen LogP contribution in [0.15, 0.2) is 109 Å². The van der Waals surface area contributed by atoms with Gasteiger partial charge >= 0.3 is 5.97 Å². The minimum atomic E-state index is -0.922. The van der Waals surface area contributed by atoms with Crippen LogP contribution in [0.1, 0.15) is 16.7 Å². The Kier molecular flexibility index (Phi) is 13.6. The van der Waals surface area contributed by atoms with E-state index in [4.69, 9.17) is 10.2 Å². The van der Waals surface area contributed by atoms with Gasteiger partial charge in [0.05, 0.1) is 6.61 Å². The Balaban J connectivity index is 0.000000233. The molecule has 0 aromatic heterocycles. The molecular formula is C27H26O4. The van der Waals surface area contributed by atoms with E-state index in [9.17, 15) is 9.59 Å². The molecule has 0 amide bonds. The molecule has 0 heterocycles. The molecule has 3 aromatic rings. The Hall–Kier alpha value is -4.02. The molecule has 0 saturated carbocycles. The number of aliphatic hydroxyl groups excluding tert-OH is 1. The zero-order valence-electron chi connectivity index (χ0n) is 17.1. The smallest absolute Gasteiger partial charge is 0.328 e. The van der Waals surface area contributed by atoms with Gasteiger partial charge in [-0.2, -0.15) is 0 Å². The molecule has 0 aliphatic rings. The first-order chi connectivity index (χ1) is 15.2. The van der Waals surface area contributed by atoms with Gasteiger partial charge in [-0.15, -0.1) is 0 Å². The minimum absolute atomic E-state index is 0.106. The number of carboxylic acids is 1. The topological polar surface area (TPSA) is 74.6 Å². The Morgan fingerprint density at radius 3 is 1.48 bits per heavy atom. The van der Waals surface area contributed by atoms with Crippen LogP contribution in [-0.4, -0.2) is 29.1 Å². The van der Waals surface area contributed by atoms with Gasteiger partial charge in [0, 0.05) is 6.08 Å². The molecule has 0 radical (unpaired) electrons. The monoisotopic (exact) mass is 414 g/mol. The molecular weight excluding hydrogens is 388 g/mol. The third-order valence-corrected chi connectivity index (χ3v) is 3.60. The molecule has 0 bridgehead atoms. The minimum Gasteiger partial charge on any atom is -0.478 e. The van der Waals surface area contributed by atoms with Crippen molar-refractivity contribution >= 4 is 30.5 Å². The van der Waals surface area contributed by atoms with Crippen molar-refractivity contribution in [3.8, 4) is 0 Å². The van der Waals surface area contributed by atoms with Crippen LogP contribution in [0.25, 0.3) is 18.2 Å². The van der Waals surface area contributed by atoms with Gasteiger partial charge in [0.1, 0.15) is 6.29 Å². The van der Waals surface area contributed by atoms with Crippen molar-refractivity contribution in [1.29, 1.82) is 0 Å². The molecule has 0 aliphatic heterocycles. The maximum absolute atomic E-state index is 10.1. The van der Waals surface area contributed by atoms with Gasteiger partial charge in [0.2, 0.25) is 0 Å². The van der Waals surface area contributed by atoms with Gasteiger partial charge < -0.3 is 10.2 Å². The Morgan fingerprint density at radius 2 is 1.10 bits per heavy atom. The summed E-state index contributed by atoms with van der Waals surface area (Å²) >= 11 is 0. The van der Waals surface area contributed by atoms with E-state index in [2.05, 4.69) is 0 Å². The summed E-state index contributed by atoms with van der Waals surface area (Å²) in [5.41, 5.74) is 3.07. The second-order valence-corrected chi connectivity index (χ2v) is 5.98. The Morgan fingerprint density at radius 1 is 0.677 bits per heavy atom. The first-order valence-corrected chi connectivity index (χ1v) is 9.61. The fourth-order valence-electron chi connectivity index (χ4n) is 2.20. The van der Waals surface area contributed by atoms with Crippen molar-refractivity contribution in [3.63, 3.8) is 0 Å². The quantitative estimate of drug-likeness (QED) is 0.420. The molecule has 31 heavy (non-hydrogen) atoms. The van der Waals surface area contributed by atoms with Gasteiger partial charge in [0.25, 0.3) is 0 Å². The van der Waals surface area contributed by atoms with E-state index >= 15 is 0 Å². The lowest BCUT2D eigenvalue weighted by Gasteiger charge is -1.88. The fourth-order valence-corrected chi connectivity index (χ4v) is 2.20. The van der Waals surface area contributed by atoms with E-state index in [-0.39, 0.29) is 6.61 Å². The summed E-state index contributed by atoms with van der Waals surface area (Å²) in [5, 5.41) is 16.7. The molecule has 0 unspecified atom stereocenters. The van der Waals surface area contributed by atoms with Gasteiger partial charge in [-0.25, -0.2) is 4.79 Å². The zero-order valence-corrected chi connectivity index (χ0v) is 17.1. The fraction of sp³-hybridized carbons (Fsp3) is 0.0370. The lowest BCUT2D eigenvalue weighted by Crippen LogP contribution is -1.85. The van der Waals surface area contributed by atoms with Crippen molar-refractivity contribution in [2.24, 2.45) is 0 Å². The maximum Gasteiger partial charge on any atom is 0.328 e. The normalized spacial score (nSPS) is 10.2. The summed E-state index contributed by atoms with van der Waals surface area (Å²) in [6.45, 7) is 0.106. The third-order valence-electron chi connectivity index (χ3n) is 3.60. The molecule has 0 aliphatic carbocycles. The zero-order chi connectivity index (χ0) is 22.6. The van der Waals surface area contributed by atoms with Crippen LogP contribution in [0.3, 0.4) is 0 Å². The van der Waals surface area contributed by atoms with Crippen molar-refractivity contribution in [3.05, 3.63) is 126 Å². The number of hydrogen-bond acceptors (Lipinski definition) is 3. The largest absolute Gasteiger partial charge is 0.478 e. The number of aliphatic carboxylic acids is 1. The van der Waals surface area contributed by atoms with Crippen LogP contribution in [0.4, 0.5) is 0 Å². The second kappa shape index (κ2) is 16.9. The van der Waals surface area contributed by atoms with Gasteiger partial charge in [-0.1, -0.05) is 109 Å². The molecule has 0 saturated heterocycles. The van der Waals surface area contributed by atoms with E-state index in [1.165, 1.54) is 6.08 Å². The number of rotatable bonds is 6. The number of benzene rings is 3. The molecule has 2 N–H and O–H groups in total. The van der Waals surface area contributed by atoms with Gasteiger partial charge in [-0.3, -0.25) is 4.79 Å². The number of hydrogen-bond donors (Lipinski definition) is 2. The maximum atomic E-state index is 10.1. The van der Waals surface area contributed by atoms with Crippen LogP contribution in [-0.2, 0) is 9.59 Å². The summed E-state index contributed by atoms with van der Waals surface area (Å²) in [6, 6.07) is 28.9.